The molecule has 0 bridgehead atoms. The molecule has 5 heteroatoms. The molecule has 0 aliphatic heterocycles. The molecule has 0 saturated heterocycles. The van der Waals surface area contributed by atoms with Gasteiger partial charge < -0.3 is 0 Å². The molecule has 1 aliphatic carbocycles. The average molecular weight is 209 g/mol. The summed E-state index contributed by atoms with van der Waals surface area (Å²) in [5.41, 5.74) is -3.52. The normalized spacial score (nSPS) is 24.8. The summed E-state index contributed by atoms with van der Waals surface area (Å²) in [6.07, 6.45) is 1.05. The molecule has 0 heterocycles. The summed E-state index contributed by atoms with van der Waals surface area (Å²) in [4.78, 5) is 0. The molecule has 1 rings (SSSR count). The minimum absolute atomic E-state index is 0.166. The van der Waals surface area contributed by atoms with Crippen molar-refractivity contribution in [3.8, 4) is 30.3 Å². The molecule has 1 unspecified atom stereocenters. The highest BCUT2D eigenvalue weighted by molar-refractivity contribution is 5.38. The summed E-state index contributed by atoms with van der Waals surface area (Å²) in [6, 6.07) is 8.87. The van der Waals surface area contributed by atoms with Gasteiger partial charge in [-0.25, -0.2) is 0 Å². The molecule has 0 aromatic heterocycles. The topological polar surface area (TPSA) is 119 Å². The van der Waals surface area contributed by atoms with E-state index in [0.717, 1.165) is 0 Å². The molecular weight excluding hydrogens is 202 g/mol. The van der Waals surface area contributed by atoms with Crippen molar-refractivity contribution in [1.29, 1.82) is 26.3 Å². The lowest BCUT2D eigenvalue weighted by molar-refractivity contribution is 0.156. The summed E-state index contributed by atoms with van der Waals surface area (Å²) < 4.78 is 0. The van der Waals surface area contributed by atoms with Crippen LogP contribution in [0, 0.1) is 73.4 Å². The van der Waals surface area contributed by atoms with Crippen molar-refractivity contribution in [2.24, 2.45) is 16.7 Å². The molecule has 1 saturated carbocycles. The Morgan fingerprint density at radius 1 is 0.875 bits per heavy atom. The molecule has 1 atom stereocenters. The van der Waals surface area contributed by atoms with Crippen molar-refractivity contribution in [2.75, 3.05) is 0 Å². The summed E-state index contributed by atoms with van der Waals surface area (Å²) in [7, 11) is 0. The maximum Gasteiger partial charge on any atom is 0.190 e. The summed E-state index contributed by atoms with van der Waals surface area (Å²) >= 11 is 0. The number of nitrogens with zero attached hydrogens (tertiary/aromatic N) is 5. The van der Waals surface area contributed by atoms with Gasteiger partial charge in [0.15, 0.2) is 10.8 Å². The van der Waals surface area contributed by atoms with Gasteiger partial charge in [-0.1, -0.05) is 0 Å². The first kappa shape index (κ1) is 11.5. The van der Waals surface area contributed by atoms with Crippen molar-refractivity contribution in [1.82, 2.24) is 0 Å². The average Bonchev–Trinajstić information content (AvgIpc) is 2.37. The molecule has 16 heavy (non-hydrogen) atoms. The molecule has 0 spiro atoms. The van der Waals surface area contributed by atoms with Gasteiger partial charge in [0.2, 0.25) is 0 Å². The van der Waals surface area contributed by atoms with E-state index in [-0.39, 0.29) is 6.42 Å². The van der Waals surface area contributed by atoms with E-state index in [1.165, 1.54) is 0 Å². The quantitative estimate of drug-likeness (QED) is 0.596. The third-order valence-electron chi connectivity index (χ3n) is 3.13. The molecule has 0 aromatic rings. The van der Waals surface area contributed by atoms with Crippen molar-refractivity contribution in [3.05, 3.63) is 0 Å². The second kappa shape index (κ2) is 3.90. The molecule has 1 aliphatic rings. The van der Waals surface area contributed by atoms with Crippen LogP contribution >= 0.6 is 0 Å². The van der Waals surface area contributed by atoms with Crippen molar-refractivity contribution in [2.45, 2.75) is 19.3 Å². The molecule has 0 radical (unpaired) electrons. The Kier molecular flexibility index (Phi) is 2.81. The lowest BCUT2D eigenvalue weighted by Crippen LogP contribution is -2.46. The smallest absolute Gasteiger partial charge is 0.190 e. The lowest BCUT2D eigenvalue weighted by Gasteiger charge is -2.38. The molecular formula is C11H7N5. The number of hydrogen-bond acceptors (Lipinski definition) is 5. The van der Waals surface area contributed by atoms with Crippen LogP contribution in [0.4, 0.5) is 0 Å². The Bertz CT molecular complexity index is 471. The minimum Gasteiger partial charge on any atom is -0.198 e. The molecule has 0 N–H and O–H groups in total. The zero-order valence-corrected chi connectivity index (χ0v) is 8.43. The number of rotatable bonds is 0. The van der Waals surface area contributed by atoms with Gasteiger partial charge in [0.05, 0.1) is 36.3 Å². The predicted molar refractivity (Wildman–Crippen MR) is 50.3 cm³/mol. The number of hydrogen-bond donors (Lipinski definition) is 0. The van der Waals surface area contributed by atoms with E-state index in [2.05, 4.69) is 0 Å². The monoisotopic (exact) mass is 209 g/mol. The fourth-order valence-electron chi connectivity index (χ4n) is 2.13. The first-order valence-corrected chi connectivity index (χ1v) is 4.71. The Morgan fingerprint density at radius 3 is 1.81 bits per heavy atom. The van der Waals surface area contributed by atoms with Crippen LogP contribution in [-0.2, 0) is 0 Å². The maximum absolute atomic E-state index is 9.12. The standard InChI is InChI=1S/C11H7N5/c12-4-9-2-1-3-10(5-13,6-14)11(9,7-15)8-16/h9H,1-3H2. The predicted octanol–water partition coefficient (Wildman–Crippen LogP) is 1.38. The third-order valence-corrected chi connectivity index (χ3v) is 3.13. The van der Waals surface area contributed by atoms with E-state index in [0.29, 0.717) is 12.8 Å². The Morgan fingerprint density at radius 2 is 1.44 bits per heavy atom. The summed E-state index contributed by atoms with van der Waals surface area (Å²) in [5.74, 6) is -0.879. The fraction of sp³-hybridized carbons (Fsp3) is 0.545. The van der Waals surface area contributed by atoms with Gasteiger partial charge in [-0.05, 0) is 19.3 Å². The zero-order chi connectivity index (χ0) is 12.2. The molecule has 0 amide bonds. The highest BCUT2D eigenvalue weighted by atomic mass is 14.6. The summed E-state index contributed by atoms with van der Waals surface area (Å²) in [6.45, 7) is 0. The van der Waals surface area contributed by atoms with Crippen LogP contribution in [-0.4, -0.2) is 0 Å². The van der Waals surface area contributed by atoms with Crippen LogP contribution in [0.15, 0.2) is 0 Å². The minimum atomic E-state index is -1.83. The van der Waals surface area contributed by atoms with Crippen molar-refractivity contribution < 1.29 is 0 Å². The van der Waals surface area contributed by atoms with Gasteiger partial charge in [-0.3, -0.25) is 0 Å². The van der Waals surface area contributed by atoms with Crippen LogP contribution < -0.4 is 0 Å². The van der Waals surface area contributed by atoms with E-state index in [4.69, 9.17) is 26.3 Å². The largest absolute Gasteiger partial charge is 0.198 e. The zero-order valence-electron chi connectivity index (χ0n) is 8.43. The fourth-order valence-corrected chi connectivity index (χ4v) is 2.13. The SMILES string of the molecule is N#CC1CCCC(C#N)(C#N)C1(C#N)C#N. The van der Waals surface area contributed by atoms with E-state index >= 15 is 0 Å². The second-order valence-electron chi connectivity index (χ2n) is 3.73. The molecule has 0 aromatic carbocycles. The Labute approximate surface area is 93.3 Å². The van der Waals surface area contributed by atoms with Gasteiger partial charge in [-0.15, -0.1) is 0 Å². The van der Waals surface area contributed by atoms with E-state index < -0.39 is 16.7 Å². The van der Waals surface area contributed by atoms with Gasteiger partial charge in [0.25, 0.3) is 0 Å². The van der Waals surface area contributed by atoms with Crippen LogP contribution in [0.25, 0.3) is 0 Å². The Hall–Kier alpha value is -2.55. The third kappa shape index (κ3) is 1.12. The lowest BCUT2D eigenvalue weighted by atomic mass is 9.54. The maximum atomic E-state index is 9.12. The summed E-state index contributed by atoms with van der Waals surface area (Å²) in [5, 5.41) is 45.3. The van der Waals surface area contributed by atoms with E-state index in [9.17, 15) is 0 Å². The second-order valence-corrected chi connectivity index (χ2v) is 3.73. The molecule has 76 valence electrons. The van der Waals surface area contributed by atoms with Crippen molar-refractivity contribution >= 4 is 0 Å². The van der Waals surface area contributed by atoms with E-state index in [1.54, 1.807) is 24.3 Å². The van der Waals surface area contributed by atoms with Crippen LogP contribution in [0.3, 0.4) is 0 Å². The van der Waals surface area contributed by atoms with Crippen LogP contribution in [0.1, 0.15) is 19.3 Å². The van der Waals surface area contributed by atoms with Crippen LogP contribution in [0.2, 0.25) is 0 Å². The number of nitriles is 5. The highest BCUT2D eigenvalue weighted by Crippen LogP contribution is 2.52. The highest BCUT2D eigenvalue weighted by Gasteiger charge is 2.61. The first-order chi connectivity index (χ1) is 7.66. The molecule has 5 nitrogen and oxygen atoms in total. The van der Waals surface area contributed by atoms with Crippen LogP contribution in [0.5, 0.6) is 0 Å². The van der Waals surface area contributed by atoms with E-state index in [1.807, 2.05) is 6.07 Å². The van der Waals surface area contributed by atoms with Gasteiger partial charge in [-0.2, -0.15) is 26.3 Å². The van der Waals surface area contributed by atoms with Crippen molar-refractivity contribution in [3.63, 3.8) is 0 Å². The Balaban J connectivity index is 3.50. The van der Waals surface area contributed by atoms with Gasteiger partial charge in [0, 0.05) is 0 Å². The first-order valence-electron chi connectivity index (χ1n) is 4.71. The van der Waals surface area contributed by atoms with Gasteiger partial charge in [0.1, 0.15) is 0 Å². The van der Waals surface area contributed by atoms with Gasteiger partial charge >= 0.3 is 0 Å². The molecule has 1 fully saturated rings.